The van der Waals surface area contributed by atoms with E-state index < -0.39 is 0 Å². The molecule has 0 radical (unpaired) electrons. The minimum Gasteiger partial charge on any atom is -0.398 e. The van der Waals surface area contributed by atoms with E-state index in [1.807, 2.05) is 37.3 Å². The standard InChI is InChI=1S/C19H21N3O/c1-12-15(6-5-7-16(12)20)17-21-18(23-22-17)13-8-10-14(11-9-13)19(2,3)4/h5-11H,20H2,1-4H3. The molecule has 118 valence electrons. The van der Waals surface area contributed by atoms with Gasteiger partial charge in [0.15, 0.2) is 0 Å². The Labute approximate surface area is 136 Å². The van der Waals surface area contributed by atoms with Gasteiger partial charge in [-0.25, -0.2) is 0 Å². The van der Waals surface area contributed by atoms with Crippen LogP contribution in [-0.4, -0.2) is 10.1 Å². The fourth-order valence-corrected chi connectivity index (χ4v) is 2.46. The Kier molecular flexibility index (Phi) is 3.68. The average molecular weight is 307 g/mol. The molecule has 0 spiro atoms. The number of hydrogen-bond acceptors (Lipinski definition) is 4. The van der Waals surface area contributed by atoms with Crippen LogP contribution in [0.1, 0.15) is 31.9 Å². The van der Waals surface area contributed by atoms with E-state index in [1.165, 1.54) is 5.56 Å². The van der Waals surface area contributed by atoms with Crippen LogP contribution in [0.4, 0.5) is 5.69 Å². The van der Waals surface area contributed by atoms with Gasteiger partial charge in [0.2, 0.25) is 5.82 Å². The van der Waals surface area contributed by atoms with Crippen LogP contribution in [0.5, 0.6) is 0 Å². The molecule has 0 aliphatic carbocycles. The van der Waals surface area contributed by atoms with Crippen molar-refractivity contribution in [1.29, 1.82) is 0 Å². The average Bonchev–Trinajstić information content (AvgIpc) is 2.99. The van der Waals surface area contributed by atoms with Gasteiger partial charge in [0.25, 0.3) is 5.89 Å². The van der Waals surface area contributed by atoms with Gasteiger partial charge in [0, 0.05) is 16.8 Å². The first-order chi connectivity index (χ1) is 10.9. The molecule has 1 heterocycles. The number of rotatable bonds is 2. The number of hydrogen-bond donors (Lipinski definition) is 1. The van der Waals surface area contributed by atoms with Crippen LogP contribution in [0.2, 0.25) is 0 Å². The summed E-state index contributed by atoms with van der Waals surface area (Å²) >= 11 is 0. The zero-order chi connectivity index (χ0) is 16.6. The number of nitrogen functional groups attached to an aromatic ring is 1. The molecule has 0 atom stereocenters. The number of aromatic nitrogens is 2. The van der Waals surface area contributed by atoms with E-state index in [2.05, 4.69) is 43.0 Å². The fraction of sp³-hybridized carbons (Fsp3) is 0.263. The molecule has 0 unspecified atom stereocenters. The van der Waals surface area contributed by atoms with E-state index in [0.717, 1.165) is 22.4 Å². The summed E-state index contributed by atoms with van der Waals surface area (Å²) in [6.07, 6.45) is 0. The molecule has 2 aromatic carbocycles. The topological polar surface area (TPSA) is 64.9 Å². The van der Waals surface area contributed by atoms with Gasteiger partial charge >= 0.3 is 0 Å². The van der Waals surface area contributed by atoms with Crippen molar-refractivity contribution in [3.63, 3.8) is 0 Å². The maximum Gasteiger partial charge on any atom is 0.258 e. The van der Waals surface area contributed by atoms with Crippen LogP contribution < -0.4 is 5.73 Å². The molecule has 3 rings (SSSR count). The third kappa shape index (κ3) is 2.97. The van der Waals surface area contributed by atoms with Crippen LogP contribution in [0, 0.1) is 6.92 Å². The van der Waals surface area contributed by atoms with Gasteiger partial charge in [-0.2, -0.15) is 4.98 Å². The van der Waals surface area contributed by atoms with Gasteiger partial charge in [0.1, 0.15) is 0 Å². The van der Waals surface area contributed by atoms with Crippen molar-refractivity contribution >= 4 is 5.69 Å². The number of nitrogens with two attached hydrogens (primary N) is 1. The Morgan fingerprint density at radius 3 is 2.35 bits per heavy atom. The summed E-state index contributed by atoms with van der Waals surface area (Å²) in [7, 11) is 0. The largest absolute Gasteiger partial charge is 0.398 e. The van der Waals surface area contributed by atoms with Crippen molar-refractivity contribution in [3.05, 3.63) is 53.6 Å². The van der Waals surface area contributed by atoms with Crippen LogP contribution >= 0.6 is 0 Å². The molecule has 1 aromatic heterocycles. The van der Waals surface area contributed by atoms with E-state index in [9.17, 15) is 0 Å². The molecule has 4 heteroatoms. The lowest BCUT2D eigenvalue weighted by Gasteiger charge is -2.18. The first-order valence-corrected chi connectivity index (χ1v) is 7.66. The van der Waals surface area contributed by atoms with Crippen LogP contribution in [-0.2, 0) is 5.41 Å². The summed E-state index contributed by atoms with van der Waals surface area (Å²) in [6.45, 7) is 8.53. The molecule has 3 aromatic rings. The quantitative estimate of drug-likeness (QED) is 0.703. The summed E-state index contributed by atoms with van der Waals surface area (Å²) < 4.78 is 5.42. The second-order valence-electron chi connectivity index (χ2n) is 6.77. The SMILES string of the molecule is Cc1c(N)cccc1-c1noc(-c2ccc(C(C)(C)C)cc2)n1. The minimum atomic E-state index is 0.122. The van der Waals surface area contributed by atoms with Crippen molar-refractivity contribution in [3.8, 4) is 22.8 Å². The Balaban J connectivity index is 1.95. The Hall–Kier alpha value is -2.62. The molecule has 2 N–H and O–H groups in total. The second kappa shape index (κ2) is 5.54. The van der Waals surface area contributed by atoms with Crippen molar-refractivity contribution in [2.24, 2.45) is 0 Å². The van der Waals surface area contributed by atoms with Gasteiger partial charge < -0.3 is 10.3 Å². The van der Waals surface area contributed by atoms with Crippen LogP contribution in [0.25, 0.3) is 22.8 Å². The molecule has 0 amide bonds. The van der Waals surface area contributed by atoms with E-state index in [-0.39, 0.29) is 5.41 Å². The predicted molar refractivity (Wildman–Crippen MR) is 93.0 cm³/mol. The predicted octanol–water partition coefficient (Wildman–Crippen LogP) is 4.59. The number of benzene rings is 2. The highest BCUT2D eigenvalue weighted by atomic mass is 16.5. The smallest absolute Gasteiger partial charge is 0.258 e. The molecule has 0 fully saturated rings. The Morgan fingerprint density at radius 1 is 1.00 bits per heavy atom. The Bertz CT molecular complexity index is 827. The zero-order valence-electron chi connectivity index (χ0n) is 13.9. The van der Waals surface area contributed by atoms with E-state index in [1.54, 1.807) is 0 Å². The summed E-state index contributed by atoms with van der Waals surface area (Å²) in [6, 6.07) is 13.9. The Morgan fingerprint density at radius 2 is 1.70 bits per heavy atom. The highest BCUT2D eigenvalue weighted by Crippen LogP contribution is 2.28. The van der Waals surface area contributed by atoms with Crippen molar-refractivity contribution in [2.75, 3.05) is 5.73 Å². The molecule has 4 nitrogen and oxygen atoms in total. The first-order valence-electron chi connectivity index (χ1n) is 7.66. The highest BCUT2D eigenvalue weighted by Gasteiger charge is 2.16. The van der Waals surface area contributed by atoms with E-state index >= 15 is 0 Å². The highest BCUT2D eigenvalue weighted by molar-refractivity contribution is 5.68. The second-order valence-corrected chi connectivity index (χ2v) is 6.77. The molecule has 0 bridgehead atoms. The van der Waals surface area contributed by atoms with Gasteiger partial charge in [0.05, 0.1) is 0 Å². The first kappa shape index (κ1) is 15.3. The van der Waals surface area contributed by atoms with E-state index in [0.29, 0.717) is 11.7 Å². The molecule has 0 aliphatic rings. The lowest BCUT2D eigenvalue weighted by molar-refractivity contribution is 0.432. The summed E-state index contributed by atoms with van der Waals surface area (Å²) in [4.78, 5) is 4.51. The normalized spacial score (nSPS) is 11.7. The molecule has 23 heavy (non-hydrogen) atoms. The summed E-state index contributed by atoms with van der Waals surface area (Å²) in [5.74, 6) is 1.08. The van der Waals surface area contributed by atoms with Crippen LogP contribution in [0.3, 0.4) is 0 Å². The van der Waals surface area contributed by atoms with Crippen LogP contribution in [0.15, 0.2) is 47.0 Å². The summed E-state index contributed by atoms with van der Waals surface area (Å²) in [5.41, 5.74) is 10.8. The molecular weight excluding hydrogens is 286 g/mol. The molecule has 0 aliphatic heterocycles. The molecule has 0 saturated carbocycles. The number of nitrogens with zero attached hydrogens (tertiary/aromatic N) is 2. The van der Waals surface area contributed by atoms with Crippen molar-refractivity contribution < 1.29 is 4.52 Å². The molecular formula is C19H21N3O. The summed E-state index contributed by atoms with van der Waals surface area (Å²) in [5, 5.41) is 4.09. The van der Waals surface area contributed by atoms with Gasteiger partial charge in [-0.05, 0) is 41.7 Å². The van der Waals surface area contributed by atoms with E-state index in [4.69, 9.17) is 10.3 Å². The monoisotopic (exact) mass is 307 g/mol. The van der Waals surface area contributed by atoms with Gasteiger partial charge in [-0.3, -0.25) is 0 Å². The lowest BCUT2D eigenvalue weighted by atomic mass is 9.87. The minimum absolute atomic E-state index is 0.122. The van der Waals surface area contributed by atoms with Gasteiger partial charge in [-0.1, -0.05) is 50.2 Å². The third-order valence-corrected chi connectivity index (χ3v) is 4.04. The fourth-order valence-electron chi connectivity index (χ4n) is 2.46. The third-order valence-electron chi connectivity index (χ3n) is 4.04. The van der Waals surface area contributed by atoms with Crippen molar-refractivity contribution in [1.82, 2.24) is 10.1 Å². The number of anilines is 1. The lowest BCUT2D eigenvalue weighted by Crippen LogP contribution is -2.10. The zero-order valence-corrected chi connectivity index (χ0v) is 13.9. The maximum absolute atomic E-state index is 5.95. The molecule has 0 saturated heterocycles. The van der Waals surface area contributed by atoms with Crippen molar-refractivity contribution in [2.45, 2.75) is 33.1 Å². The maximum atomic E-state index is 5.95. The van der Waals surface area contributed by atoms with Gasteiger partial charge in [-0.15, -0.1) is 0 Å².